The fourth-order valence-electron chi connectivity index (χ4n) is 2.98. The van der Waals surface area contributed by atoms with Gasteiger partial charge in [-0.05, 0) is 48.7 Å². The van der Waals surface area contributed by atoms with E-state index in [1.807, 2.05) is 13.8 Å². The Labute approximate surface area is 178 Å². The fourth-order valence-corrected chi connectivity index (χ4v) is 3.20. The van der Waals surface area contributed by atoms with Crippen LogP contribution in [0.2, 0.25) is 5.02 Å². The Hall–Kier alpha value is -3.12. The number of nitrogens with one attached hydrogen (secondary N) is 1. The number of ketones is 1. The highest BCUT2D eigenvalue weighted by Crippen LogP contribution is 2.31. The number of amides is 1. The molecule has 7 heteroatoms. The first-order valence-electron chi connectivity index (χ1n) is 9.53. The number of rotatable bonds is 7. The van der Waals surface area contributed by atoms with Crippen molar-refractivity contribution in [3.63, 3.8) is 0 Å². The third-order valence-corrected chi connectivity index (χ3v) is 4.74. The number of Topliss-reactive ketones (excluding diaryl/α,β-unsaturated/α-hetero) is 1. The zero-order valence-electron chi connectivity index (χ0n) is 17.0. The number of carbonyl (C=O) groups is 2. The molecule has 0 aliphatic rings. The summed E-state index contributed by atoms with van der Waals surface area (Å²) in [5.41, 5.74) is 1.68. The number of ether oxygens (including phenoxy) is 1. The van der Waals surface area contributed by atoms with Crippen LogP contribution in [-0.4, -0.2) is 18.3 Å². The van der Waals surface area contributed by atoms with Crippen LogP contribution in [0.1, 0.15) is 36.2 Å². The van der Waals surface area contributed by atoms with E-state index in [4.69, 9.17) is 20.8 Å². The average Bonchev–Trinajstić information content (AvgIpc) is 2.66. The minimum Gasteiger partial charge on any atom is -0.484 e. The number of fused-ring (bicyclic) bond motifs is 1. The van der Waals surface area contributed by atoms with Crippen LogP contribution in [0.3, 0.4) is 0 Å². The van der Waals surface area contributed by atoms with Crippen LogP contribution in [0.15, 0.2) is 51.7 Å². The minimum atomic E-state index is -0.468. The molecule has 2 aromatic carbocycles. The highest BCUT2D eigenvalue weighted by atomic mass is 35.5. The maximum atomic E-state index is 12.5. The largest absolute Gasteiger partial charge is 0.484 e. The standard InChI is InChI=1S/C23H22ClNO5/c1-13(2)8-22(27)25-16-6-4-15(5-7-16)19(26)12-29-21-11-20-17(10-18(21)24)14(3)9-23(28)30-20/h4-7,9-11,13H,8,12H2,1-3H3,(H,25,27). The van der Waals surface area contributed by atoms with E-state index in [0.29, 0.717) is 33.7 Å². The lowest BCUT2D eigenvalue weighted by molar-refractivity contribution is -0.116. The van der Waals surface area contributed by atoms with Crippen LogP contribution in [-0.2, 0) is 4.79 Å². The molecule has 30 heavy (non-hydrogen) atoms. The number of hydrogen-bond donors (Lipinski definition) is 1. The zero-order chi connectivity index (χ0) is 21.8. The Morgan fingerprint density at radius 1 is 1.13 bits per heavy atom. The molecular formula is C23H22ClNO5. The minimum absolute atomic E-state index is 0.0692. The molecule has 6 nitrogen and oxygen atoms in total. The Balaban J connectivity index is 1.67. The van der Waals surface area contributed by atoms with E-state index in [2.05, 4.69) is 5.32 Å². The monoisotopic (exact) mass is 427 g/mol. The van der Waals surface area contributed by atoms with Crippen molar-refractivity contribution in [3.05, 3.63) is 69.0 Å². The van der Waals surface area contributed by atoms with Gasteiger partial charge in [0.25, 0.3) is 0 Å². The average molecular weight is 428 g/mol. The molecule has 0 saturated carbocycles. The molecule has 156 valence electrons. The quantitative estimate of drug-likeness (QED) is 0.423. The predicted molar refractivity (Wildman–Crippen MR) is 117 cm³/mol. The van der Waals surface area contributed by atoms with Gasteiger partial charge in [0.05, 0.1) is 5.02 Å². The zero-order valence-corrected chi connectivity index (χ0v) is 17.7. The van der Waals surface area contributed by atoms with Gasteiger partial charge in [0, 0.05) is 35.2 Å². The second-order valence-corrected chi connectivity index (χ2v) is 7.87. The molecule has 0 aliphatic heterocycles. The third-order valence-electron chi connectivity index (χ3n) is 4.45. The smallest absolute Gasteiger partial charge is 0.336 e. The van der Waals surface area contributed by atoms with Crippen molar-refractivity contribution in [3.8, 4) is 5.75 Å². The van der Waals surface area contributed by atoms with Crippen molar-refractivity contribution in [2.45, 2.75) is 27.2 Å². The first kappa shape index (κ1) is 21.6. The summed E-state index contributed by atoms with van der Waals surface area (Å²) in [6, 6.07) is 11.1. The summed E-state index contributed by atoms with van der Waals surface area (Å²) < 4.78 is 10.8. The molecule has 0 aliphatic carbocycles. The van der Waals surface area contributed by atoms with Crippen LogP contribution in [0.4, 0.5) is 5.69 Å². The van der Waals surface area contributed by atoms with Gasteiger partial charge in [-0.2, -0.15) is 0 Å². The van der Waals surface area contributed by atoms with E-state index in [0.717, 1.165) is 5.56 Å². The molecule has 0 atom stereocenters. The molecule has 0 radical (unpaired) electrons. The van der Waals surface area contributed by atoms with Gasteiger partial charge in [0.1, 0.15) is 11.3 Å². The molecule has 0 spiro atoms. The van der Waals surface area contributed by atoms with Gasteiger partial charge in [-0.15, -0.1) is 0 Å². The number of benzene rings is 2. The summed E-state index contributed by atoms with van der Waals surface area (Å²) in [6.45, 7) is 5.49. The van der Waals surface area contributed by atoms with Gasteiger partial charge in [-0.3, -0.25) is 9.59 Å². The van der Waals surface area contributed by atoms with Gasteiger partial charge in [0.2, 0.25) is 5.91 Å². The van der Waals surface area contributed by atoms with Crippen molar-refractivity contribution in [1.82, 2.24) is 0 Å². The molecule has 1 amide bonds. The summed E-state index contributed by atoms with van der Waals surface area (Å²) in [7, 11) is 0. The van der Waals surface area contributed by atoms with Gasteiger partial charge in [-0.25, -0.2) is 4.79 Å². The summed E-state index contributed by atoms with van der Waals surface area (Å²) >= 11 is 6.25. The molecule has 0 unspecified atom stereocenters. The first-order valence-corrected chi connectivity index (χ1v) is 9.90. The van der Waals surface area contributed by atoms with E-state index in [9.17, 15) is 14.4 Å². The molecule has 0 bridgehead atoms. The van der Waals surface area contributed by atoms with E-state index in [-0.39, 0.29) is 30.0 Å². The van der Waals surface area contributed by atoms with Crippen molar-refractivity contribution < 1.29 is 18.7 Å². The SMILES string of the molecule is Cc1cc(=O)oc2cc(OCC(=O)c3ccc(NC(=O)CC(C)C)cc3)c(Cl)cc12. The lowest BCUT2D eigenvalue weighted by Gasteiger charge is -2.10. The van der Waals surface area contributed by atoms with Gasteiger partial charge in [-0.1, -0.05) is 25.4 Å². The van der Waals surface area contributed by atoms with Crippen molar-refractivity contribution in [2.24, 2.45) is 5.92 Å². The fraction of sp³-hybridized carbons (Fsp3) is 0.261. The highest BCUT2D eigenvalue weighted by Gasteiger charge is 2.13. The highest BCUT2D eigenvalue weighted by molar-refractivity contribution is 6.32. The topological polar surface area (TPSA) is 85.6 Å². The van der Waals surface area contributed by atoms with Gasteiger partial charge in [0.15, 0.2) is 12.4 Å². The molecule has 3 aromatic rings. The molecule has 3 rings (SSSR count). The van der Waals surface area contributed by atoms with E-state index in [1.165, 1.54) is 12.1 Å². The third kappa shape index (κ3) is 5.27. The van der Waals surface area contributed by atoms with Crippen molar-refractivity contribution in [1.29, 1.82) is 0 Å². The molecule has 1 N–H and O–H groups in total. The van der Waals surface area contributed by atoms with Crippen LogP contribution >= 0.6 is 11.6 Å². The van der Waals surface area contributed by atoms with E-state index in [1.54, 1.807) is 37.3 Å². The summed E-state index contributed by atoms with van der Waals surface area (Å²) in [4.78, 5) is 35.9. The molecule has 1 aromatic heterocycles. The van der Waals surface area contributed by atoms with Crippen LogP contribution in [0.5, 0.6) is 5.75 Å². The normalized spacial score (nSPS) is 11.0. The Morgan fingerprint density at radius 2 is 1.83 bits per heavy atom. The lowest BCUT2D eigenvalue weighted by atomic mass is 10.1. The Morgan fingerprint density at radius 3 is 2.50 bits per heavy atom. The van der Waals surface area contributed by atoms with Crippen LogP contribution < -0.4 is 15.7 Å². The second kappa shape index (κ2) is 9.13. The maximum Gasteiger partial charge on any atom is 0.336 e. The Bertz CT molecular complexity index is 1150. The van der Waals surface area contributed by atoms with Crippen molar-refractivity contribution in [2.75, 3.05) is 11.9 Å². The predicted octanol–water partition coefficient (Wildman–Crippen LogP) is 5.00. The number of anilines is 1. The summed E-state index contributed by atoms with van der Waals surface area (Å²) in [5.74, 6) is 0.197. The van der Waals surface area contributed by atoms with Gasteiger partial charge < -0.3 is 14.5 Å². The lowest BCUT2D eigenvalue weighted by Crippen LogP contribution is -2.14. The number of aryl methyl sites for hydroxylation is 1. The Kier molecular flexibility index (Phi) is 6.57. The van der Waals surface area contributed by atoms with E-state index < -0.39 is 5.63 Å². The number of carbonyl (C=O) groups excluding carboxylic acids is 2. The molecule has 0 saturated heterocycles. The summed E-state index contributed by atoms with van der Waals surface area (Å²) in [6.07, 6.45) is 0.431. The van der Waals surface area contributed by atoms with E-state index >= 15 is 0 Å². The molecular weight excluding hydrogens is 406 g/mol. The number of halogens is 1. The van der Waals surface area contributed by atoms with Crippen LogP contribution in [0, 0.1) is 12.8 Å². The number of hydrogen-bond acceptors (Lipinski definition) is 5. The molecule has 1 heterocycles. The maximum absolute atomic E-state index is 12.5. The molecule has 0 fully saturated rings. The summed E-state index contributed by atoms with van der Waals surface area (Å²) in [5, 5.41) is 3.81. The van der Waals surface area contributed by atoms with Gasteiger partial charge >= 0.3 is 5.63 Å². The van der Waals surface area contributed by atoms with Crippen molar-refractivity contribution >= 4 is 39.9 Å². The first-order chi connectivity index (χ1) is 14.2. The second-order valence-electron chi connectivity index (χ2n) is 7.46. The van der Waals surface area contributed by atoms with Crippen LogP contribution in [0.25, 0.3) is 11.0 Å².